The molecular weight excluding hydrogens is 468 g/mol. The van der Waals surface area contributed by atoms with Gasteiger partial charge in [-0.2, -0.15) is 0 Å². The lowest BCUT2D eigenvalue weighted by atomic mass is 10.0. The molecule has 4 rings (SSSR count). The molecular formula is C24H30N6O2S2. The minimum absolute atomic E-state index is 0.154. The first kappa shape index (κ1) is 24.5. The summed E-state index contributed by atoms with van der Waals surface area (Å²) in [7, 11) is 1.65. The largest absolute Gasteiger partial charge is 0.497 e. The minimum atomic E-state index is 0.154. The topological polar surface area (TPSA) is 86.0 Å². The van der Waals surface area contributed by atoms with Crippen molar-refractivity contribution in [2.24, 2.45) is 0 Å². The average molecular weight is 499 g/mol. The molecule has 1 aliphatic heterocycles. The maximum Gasteiger partial charge on any atom is 0.233 e. The van der Waals surface area contributed by atoms with Crippen LogP contribution < -0.4 is 4.74 Å². The monoisotopic (exact) mass is 498 g/mol. The Morgan fingerprint density at radius 3 is 2.50 bits per heavy atom. The van der Waals surface area contributed by atoms with Crippen molar-refractivity contribution in [3.63, 3.8) is 0 Å². The second kappa shape index (κ2) is 11.2. The van der Waals surface area contributed by atoms with Gasteiger partial charge in [0.05, 0.1) is 18.6 Å². The van der Waals surface area contributed by atoms with Crippen LogP contribution in [0.3, 0.4) is 0 Å². The highest BCUT2D eigenvalue weighted by atomic mass is 32.2. The SMILES string of the molecule is COc1ccc(-n2c(CSc3nc(C)cc(C)n3)nnc2SCC(=O)N2CCCC[C@@H]2C)cc1. The Kier molecular flexibility index (Phi) is 8.10. The Balaban J connectivity index is 1.55. The summed E-state index contributed by atoms with van der Waals surface area (Å²) in [5.74, 6) is 2.60. The van der Waals surface area contributed by atoms with Crippen LogP contribution in [0, 0.1) is 13.8 Å². The highest BCUT2D eigenvalue weighted by Crippen LogP contribution is 2.28. The summed E-state index contributed by atoms with van der Waals surface area (Å²) in [5.41, 5.74) is 2.80. The first-order valence-electron chi connectivity index (χ1n) is 11.4. The van der Waals surface area contributed by atoms with E-state index in [1.807, 2.05) is 53.6 Å². The average Bonchev–Trinajstić information content (AvgIpc) is 3.23. The lowest BCUT2D eigenvalue weighted by Gasteiger charge is -2.33. The normalized spacial score (nSPS) is 16.0. The number of rotatable bonds is 8. The molecule has 0 spiro atoms. The first-order valence-corrected chi connectivity index (χ1v) is 13.4. The molecule has 0 aliphatic carbocycles. The van der Waals surface area contributed by atoms with Crippen LogP contribution in [-0.2, 0) is 10.5 Å². The number of benzene rings is 1. The molecule has 0 saturated carbocycles. The molecule has 3 heterocycles. The molecule has 0 unspecified atom stereocenters. The van der Waals surface area contributed by atoms with E-state index in [4.69, 9.17) is 4.74 Å². The molecule has 0 radical (unpaired) electrons. The molecule has 1 aliphatic rings. The molecule has 34 heavy (non-hydrogen) atoms. The van der Waals surface area contributed by atoms with Gasteiger partial charge in [0.1, 0.15) is 11.6 Å². The Morgan fingerprint density at radius 1 is 1.09 bits per heavy atom. The molecule has 180 valence electrons. The number of aryl methyl sites for hydroxylation is 2. The van der Waals surface area contributed by atoms with Crippen LogP contribution in [-0.4, -0.2) is 61.0 Å². The molecule has 10 heteroatoms. The van der Waals surface area contributed by atoms with Crippen LogP contribution in [0.1, 0.15) is 43.4 Å². The van der Waals surface area contributed by atoms with Crippen molar-refractivity contribution in [2.75, 3.05) is 19.4 Å². The number of aromatic nitrogens is 5. The number of carbonyl (C=O) groups excluding carboxylic acids is 1. The summed E-state index contributed by atoms with van der Waals surface area (Å²) in [6.45, 7) is 6.90. The quantitative estimate of drug-likeness (QED) is 0.332. The molecule has 1 fully saturated rings. The van der Waals surface area contributed by atoms with E-state index in [1.165, 1.54) is 29.9 Å². The van der Waals surface area contributed by atoms with Crippen LogP contribution in [0.25, 0.3) is 5.69 Å². The van der Waals surface area contributed by atoms with Gasteiger partial charge in [0.15, 0.2) is 10.3 Å². The second-order valence-electron chi connectivity index (χ2n) is 8.37. The summed E-state index contributed by atoms with van der Waals surface area (Å²) in [6, 6.07) is 10.0. The van der Waals surface area contributed by atoms with Gasteiger partial charge in [-0.1, -0.05) is 23.5 Å². The van der Waals surface area contributed by atoms with Crippen LogP contribution in [0.15, 0.2) is 40.6 Å². The third-order valence-corrected chi connectivity index (χ3v) is 7.53. The van der Waals surface area contributed by atoms with E-state index >= 15 is 0 Å². The Bertz CT molecular complexity index is 1110. The zero-order valence-electron chi connectivity index (χ0n) is 20.0. The number of likely N-dealkylation sites (tertiary alicyclic amines) is 1. The summed E-state index contributed by atoms with van der Waals surface area (Å²) < 4.78 is 7.32. The molecule has 3 aromatic rings. The maximum absolute atomic E-state index is 12.9. The molecule has 0 bridgehead atoms. The van der Waals surface area contributed by atoms with Crippen molar-refractivity contribution >= 4 is 29.4 Å². The van der Waals surface area contributed by atoms with Crippen molar-refractivity contribution < 1.29 is 9.53 Å². The second-order valence-corrected chi connectivity index (χ2v) is 10.3. The lowest BCUT2D eigenvalue weighted by molar-refractivity contribution is -0.131. The van der Waals surface area contributed by atoms with Gasteiger partial charge >= 0.3 is 0 Å². The number of hydrogen-bond acceptors (Lipinski definition) is 8. The third-order valence-electron chi connectivity index (χ3n) is 5.77. The van der Waals surface area contributed by atoms with E-state index < -0.39 is 0 Å². The van der Waals surface area contributed by atoms with Crippen LogP contribution in [0.2, 0.25) is 0 Å². The standard InChI is InChI=1S/C24H30N6O2S2/c1-16-13-17(2)26-23(25-16)33-14-21-27-28-24(30(21)19-8-10-20(32-4)11-9-19)34-15-22(31)29-12-6-5-7-18(29)3/h8-11,13,18H,5-7,12,14-15H2,1-4H3/t18-/m0/s1. The van der Waals surface area contributed by atoms with Gasteiger partial charge < -0.3 is 9.64 Å². The Morgan fingerprint density at radius 2 is 1.82 bits per heavy atom. The molecule has 1 atom stereocenters. The highest BCUT2D eigenvalue weighted by Gasteiger charge is 2.24. The van der Waals surface area contributed by atoms with E-state index in [0.717, 1.165) is 48.0 Å². The predicted octanol–water partition coefficient (Wildman–Crippen LogP) is 4.47. The first-order chi connectivity index (χ1) is 16.4. The zero-order valence-corrected chi connectivity index (χ0v) is 21.7. The molecule has 1 amide bonds. The zero-order chi connectivity index (χ0) is 24.1. The number of piperidine rings is 1. The fourth-order valence-corrected chi connectivity index (χ4v) is 5.76. The van der Waals surface area contributed by atoms with Gasteiger partial charge in [0.25, 0.3) is 0 Å². The number of ether oxygens (including phenoxy) is 1. The Hall–Kier alpha value is -2.59. The van der Waals surface area contributed by atoms with E-state index in [1.54, 1.807) is 7.11 Å². The van der Waals surface area contributed by atoms with Crippen LogP contribution in [0.4, 0.5) is 0 Å². The molecule has 8 nitrogen and oxygen atoms in total. The van der Waals surface area contributed by atoms with Crippen LogP contribution in [0.5, 0.6) is 5.75 Å². The molecule has 1 saturated heterocycles. The summed E-state index contributed by atoms with van der Waals surface area (Å²) in [4.78, 5) is 23.9. The van der Waals surface area contributed by atoms with Crippen molar-refractivity contribution in [3.05, 3.63) is 47.5 Å². The number of methoxy groups -OCH3 is 1. The van der Waals surface area contributed by atoms with Crippen molar-refractivity contribution in [3.8, 4) is 11.4 Å². The number of nitrogens with zero attached hydrogens (tertiary/aromatic N) is 6. The van der Waals surface area contributed by atoms with Gasteiger partial charge in [0.2, 0.25) is 5.91 Å². The number of thioether (sulfide) groups is 2. The summed E-state index contributed by atoms with van der Waals surface area (Å²) in [6.07, 6.45) is 3.33. The van der Waals surface area contributed by atoms with Crippen LogP contribution >= 0.6 is 23.5 Å². The van der Waals surface area contributed by atoms with Gasteiger partial charge in [0, 0.05) is 29.7 Å². The number of amides is 1. The minimum Gasteiger partial charge on any atom is -0.497 e. The maximum atomic E-state index is 12.9. The molecule has 1 aromatic carbocycles. The summed E-state index contributed by atoms with van der Waals surface area (Å²) >= 11 is 2.95. The molecule has 0 N–H and O–H groups in total. The fraction of sp³-hybridized carbons (Fsp3) is 0.458. The van der Waals surface area contributed by atoms with E-state index in [9.17, 15) is 4.79 Å². The van der Waals surface area contributed by atoms with Gasteiger partial charge in [-0.3, -0.25) is 9.36 Å². The Labute approximate surface area is 208 Å². The smallest absolute Gasteiger partial charge is 0.233 e. The number of hydrogen-bond donors (Lipinski definition) is 0. The van der Waals surface area contributed by atoms with Gasteiger partial charge in [-0.15, -0.1) is 10.2 Å². The van der Waals surface area contributed by atoms with E-state index in [-0.39, 0.29) is 5.91 Å². The van der Waals surface area contributed by atoms with Crippen molar-refractivity contribution in [1.82, 2.24) is 29.6 Å². The van der Waals surface area contributed by atoms with E-state index in [0.29, 0.717) is 27.9 Å². The lowest BCUT2D eigenvalue weighted by Crippen LogP contribution is -2.42. The number of carbonyl (C=O) groups is 1. The molecule has 2 aromatic heterocycles. The van der Waals surface area contributed by atoms with Crippen molar-refractivity contribution in [1.29, 1.82) is 0 Å². The van der Waals surface area contributed by atoms with Gasteiger partial charge in [-0.25, -0.2) is 9.97 Å². The van der Waals surface area contributed by atoms with E-state index in [2.05, 4.69) is 27.1 Å². The predicted molar refractivity (Wildman–Crippen MR) is 135 cm³/mol. The fourth-order valence-electron chi connectivity index (χ4n) is 4.04. The van der Waals surface area contributed by atoms with Crippen molar-refractivity contribution in [2.45, 2.75) is 62.1 Å². The summed E-state index contributed by atoms with van der Waals surface area (Å²) in [5, 5.41) is 10.3. The van der Waals surface area contributed by atoms with Gasteiger partial charge in [-0.05, 0) is 70.4 Å². The highest BCUT2D eigenvalue weighted by molar-refractivity contribution is 7.99. The third kappa shape index (κ3) is 5.90.